The van der Waals surface area contributed by atoms with Crippen LogP contribution in [0.1, 0.15) is 41.2 Å². The van der Waals surface area contributed by atoms with Gasteiger partial charge in [-0.3, -0.25) is 10.2 Å². The quantitative estimate of drug-likeness (QED) is 0.573. The van der Waals surface area contributed by atoms with Crippen molar-refractivity contribution < 1.29 is 14.0 Å². The lowest BCUT2D eigenvalue weighted by molar-refractivity contribution is 0.0830. The Bertz CT molecular complexity index is 1100. The molecular formula is C24H26FN5O2. The third-order valence-corrected chi connectivity index (χ3v) is 5.03. The van der Waals surface area contributed by atoms with Crippen LogP contribution in [0, 0.1) is 12.7 Å². The fourth-order valence-electron chi connectivity index (χ4n) is 3.21. The lowest BCUT2D eigenvalue weighted by atomic mass is 9.97. The molecule has 1 heterocycles. The maximum Gasteiger partial charge on any atom is 0.336 e. The lowest BCUT2D eigenvalue weighted by Gasteiger charge is -2.22. The normalized spacial score (nSPS) is 10.5. The molecular weight excluding hydrogens is 409 g/mol. The molecule has 0 atom stereocenters. The molecule has 7 nitrogen and oxygen atoms in total. The number of hydrogen-bond acceptors (Lipinski definition) is 4. The van der Waals surface area contributed by atoms with Gasteiger partial charge in [-0.05, 0) is 43.0 Å². The monoisotopic (exact) mass is 435 g/mol. The summed E-state index contributed by atoms with van der Waals surface area (Å²) in [5.41, 5.74) is 6.01. The number of benzene rings is 2. The molecule has 0 aliphatic carbocycles. The van der Waals surface area contributed by atoms with E-state index in [1.54, 1.807) is 19.9 Å². The molecule has 0 aliphatic heterocycles. The van der Waals surface area contributed by atoms with Crippen molar-refractivity contribution >= 4 is 11.9 Å². The highest BCUT2D eigenvalue weighted by atomic mass is 19.1. The number of aromatic nitrogens is 2. The third-order valence-electron chi connectivity index (χ3n) is 5.03. The minimum absolute atomic E-state index is 0.0135. The summed E-state index contributed by atoms with van der Waals surface area (Å²) < 4.78 is 14.7. The van der Waals surface area contributed by atoms with Gasteiger partial charge in [-0.15, -0.1) is 0 Å². The molecule has 0 spiro atoms. The fraction of sp³-hybridized carbons (Fsp3) is 0.250. The first-order valence-corrected chi connectivity index (χ1v) is 10.4. The molecule has 2 aromatic carbocycles. The zero-order valence-electron chi connectivity index (χ0n) is 18.4. The van der Waals surface area contributed by atoms with Crippen LogP contribution < -0.4 is 10.7 Å². The number of hydrogen-bond donors (Lipinski definition) is 2. The van der Waals surface area contributed by atoms with Gasteiger partial charge < -0.3 is 5.32 Å². The van der Waals surface area contributed by atoms with Gasteiger partial charge in [-0.2, -0.15) is 0 Å². The SMILES string of the molecule is CCc1ccccc1-c1ccc(CNC(=O)N(CC)NC(=O)c2cnc(C)nc2)c(F)c1. The van der Waals surface area contributed by atoms with Gasteiger partial charge in [0.1, 0.15) is 11.6 Å². The number of carbonyl (C=O) groups excluding carboxylic acids is 2. The van der Waals surface area contributed by atoms with Crippen molar-refractivity contribution in [1.29, 1.82) is 0 Å². The van der Waals surface area contributed by atoms with Crippen molar-refractivity contribution in [1.82, 2.24) is 25.7 Å². The summed E-state index contributed by atoms with van der Waals surface area (Å²) >= 11 is 0. The average Bonchev–Trinajstić information content (AvgIpc) is 2.81. The molecule has 8 heteroatoms. The number of rotatable bonds is 6. The van der Waals surface area contributed by atoms with Crippen LogP contribution in [0.5, 0.6) is 0 Å². The smallest absolute Gasteiger partial charge is 0.332 e. The van der Waals surface area contributed by atoms with Crippen molar-refractivity contribution in [3.8, 4) is 11.1 Å². The molecule has 0 saturated carbocycles. The van der Waals surface area contributed by atoms with E-state index in [0.29, 0.717) is 11.4 Å². The zero-order valence-corrected chi connectivity index (χ0v) is 18.4. The van der Waals surface area contributed by atoms with E-state index in [1.165, 1.54) is 18.5 Å². The zero-order chi connectivity index (χ0) is 23.1. The Morgan fingerprint density at radius 1 is 1.03 bits per heavy atom. The molecule has 0 bridgehead atoms. The first kappa shape index (κ1) is 22.9. The van der Waals surface area contributed by atoms with E-state index in [4.69, 9.17) is 0 Å². The van der Waals surface area contributed by atoms with Gasteiger partial charge in [0.25, 0.3) is 5.91 Å². The first-order valence-electron chi connectivity index (χ1n) is 10.4. The molecule has 166 valence electrons. The second kappa shape index (κ2) is 10.5. The van der Waals surface area contributed by atoms with Crippen molar-refractivity contribution in [3.63, 3.8) is 0 Å². The number of nitrogens with one attached hydrogen (secondary N) is 2. The molecule has 3 rings (SSSR count). The van der Waals surface area contributed by atoms with E-state index in [1.807, 2.05) is 30.3 Å². The maximum atomic E-state index is 14.7. The molecule has 3 aromatic rings. The van der Waals surface area contributed by atoms with Gasteiger partial charge in [-0.1, -0.05) is 43.3 Å². The van der Waals surface area contributed by atoms with Crippen molar-refractivity contribution in [2.45, 2.75) is 33.7 Å². The molecule has 32 heavy (non-hydrogen) atoms. The summed E-state index contributed by atoms with van der Waals surface area (Å²) in [7, 11) is 0. The number of nitrogens with zero attached hydrogens (tertiary/aromatic N) is 3. The second-order valence-electron chi connectivity index (χ2n) is 7.18. The maximum absolute atomic E-state index is 14.7. The molecule has 0 saturated heterocycles. The summed E-state index contributed by atoms with van der Waals surface area (Å²) in [4.78, 5) is 32.7. The lowest BCUT2D eigenvalue weighted by Crippen LogP contribution is -2.50. The molecule has 0 radical (unpaired) electrons. The van der Waals surface area contributed by atoms with Crippen LogP contribution in [0.15, 0.2) is 54.9 Å². The van der Waals surface area contributed by atoms with E-state index in [-0.39, 0.29) is 18.7 Å². The van der Waals surface area contributed by atoms with Crippen molar-refractivity contribution in [2.24, 2.45) is 0 Å². The Hall–Kier alpha value is -3.81. The van der Waals surface area contributed by atoms with Crippen LogP contribution in [0.3, 0.4) is 0 Å². The molecule has 3 amide bonds. The topological polar surface area (TPSA) is 87.2 Å². The average molecular weight is 436 g/mol. The minimum atomic E-state index is -0.548. The Morgan fingerprint density at radius 3 is 2.41 bits per heavy atom. The van der Waals surface area contributed by atoms with Crippen molar-refractivity contribution in [2.75, 3.05) is 6.54 Å². The predicted octanol–water partition coefficient (Wildman–Crippen LogP) is 4.03. The number of halogens is 1. The van der Waals surface area contributed by atoms with Crippen LogP contribution in [-0.2, 0) is 13.0 Å². The van der Waals surface area contributed by atoms with Crippen LogP contribution in [0.25, 0.3) is 11.1 Å². The first-order chi connectivity index (χ1) is 15.4. The molecule has 2 N–H and O–H groups in total. The summed E-state index contributed by atoms with van der Waals surface area (Å²) in [5, 5.41) is 3.76. The van der Waals surface area contributed by atoms with E-state index < -0.39 is 17.8 Å². The number of hydrazine groups is 1. The van der Waals surface area contributed by atoms with Crippen LogP contribution in [0.2, 0.25) is 0 Å². The number of aryl methyl sites for hydroxylation is 2. The van der Waals surface area contributed by atoms with E-state index in [2.05, 4.69) is 27.6 Å². The minimum Gasteiger partial charge on any atom is -0.332 e. The highest BCUT2D eigenvalue weighted by molar-refractivity contribution is 5.94. The second-order valence-corrected chi connectivity index (χ2v) is 7.18. The van der Waals surface area contributed by atoms with Gasteiger partial charge >= 0.3 is 6.03 Å². The Balaban J connectivity index is 1.64. The largest absolute Gasteiger partial charge is 0.336 e. The number of urea groups is 1. The van der Waals surface area contributed by atoms with E-state index >= 15 is 0 Å². The molecule has 1 aromatic heterocycles. The molecule has 0 aliphatic rings. The summed E-state index contributed by atoms with van der Waals surface area (Å²) in [6.45, 7) is 5.69. The van der Waals surface area contributed by atoms with Gasteiger partial charge in [-0.25, -0.2) is 24.2 Å². The Labute approximate surface area is 186 Å². The van der Waals surface area contributed by atoms with Crippen LogP contribution in [0.4, 0.5) is 9.18 Å². The summed E-state index contributed by atoms with van der Waals surface area (Å²) in [6.07, 6.45) is 3.62. The van der Waals surface area contributed by atoms with Gasteiger partial charge in [0, 0.05) is 31.0 Å². The Kier molecular flexibility index (Phi) is 7.49. The number of carbonyl (C=O) groups is 2. The van der Waals surface area contributed by atoms with Gasteiger partial charge in [0.05, 0.1) is 5.56 Å². The standard InChI is InChI=1S/C24H26FN5O2/c1-4-17-8-6-7-9-21(17)18-10-11-19(22(25)12-18)13-28-24(32)30(5-2)29-23(31)20-14-26-16(3)27-15-20/h6-12,14-15H,4-5,13H2,1-3H3,(H,28,32)(H,29,31). The summed E-state index contributed by atoms with van der Waals surface area (Å²) in [5.74, 6) is -0.373. The summed E-state index contributed by atoms with van der Waals surface area (Å²) in [6, 6.07) is 12.3. The third kappa shape index (κ3) is 5.46. The number of amides is 3. The highest BCUT2D eigenvalue weighted by Crippen LogP contribution is 2.26. The van der Waals surface area contributed by atoms with Gasteiger partial charge in [0.15, 0.2) is 0 Å². The highest BCUT2D eigenvalue weighted by Gasteiger charge is 2.17. The van der Waals surface area contributed by atoms with Crippen molar-refractivity contribution in [3.05, 3.63) is 83.2 Å². The van der Waals surface area contributed by atoms with E-state index in [9.17, 15) is 14.0 Å². The van der Waals surface area contributed by atoms with Gasteiger partial charge in [0.2, 0.25) is 0 Å². The van der Waals surface area contributed by atoms with Crippen LogP contribution >= 0.6 is 0 Å². The molecule has 0 unspecified atom stereocenters. The van der Waals surface area contributed by atoms with E-state index in [0.717, 1.165) is 28.1 Å². The van der Waals surface area contributed by atoms with Crippen LogP contribution in [-0.4, -0.2) is 33.5 Å². The molecule has 0 fully saturated rings. The predicted molar refractivity (Wildman–Crippen MR) is 120 cm³/mol. The fourth-order valence-corrected chi connectivity index (χ4v) is 3.21. The Morgan fingerprint density at radius 2 is 1.75 bits per heavy atom.